The number of aryl methyl sites for hydroxylation is 1. The number of aliphatic hydroxyl groups is 1. The first-order valence-electron chi connectivity index (χ1n) is 6.47. The molecule has 0 bridgehead atoms. The van der Waals surface area contributed by atoms with Crippen molar-refractivity contribution >= 4 is 0 Å². The molecule has 0 amide bonds. The van der Waals surface area contributed by atoms with E-state index in [-0.39, 0.29) is 0 Å². The molecule has 0 aliphatic carbocycles. The Morgan fingerprint density at radius 1 is 1.44 bits per heavy atom. The van der Waals surface area contributed by atoms with Crippen molar-refractivity contribution in [3.63, 3.8) is 0 Å². The molecule has 0 saturated heterocycles. The van der Waals surface area contributed by atoms with E-state index in [0.29, 0.717) is 19.7 Å². The predicted octanol–water partition coefficient (Wildman–Crippen LogP) is 0.0535. The summed E-state index contributed by atoms with van der Waals surface area (Å²) in [6.07, 6.45) is 2.99. The first kappa shape index (κ1) is 13.5. The van der Waals surface area contributed by atoms with Gasteiger partial charge in [-0.2, -0.15) is 0 Å². The maximum Gasteiger partial charge on any atom is 0.147 e. The number of aliphatic hydroxyl groups excluding tert-OH is 1. The molecule has 2 heterocycles. The van der Waals surface area contributed by atoms with Gasteiger partial charge < -0.3 is 14.4 Å². The number of fused-ring (bicyclic) bond motifs is 1. The largest absolute Gasteiger partial charge is 0.389 e. The first-order valence-corrected chi connectivity index (χ1v) is 6.47. The average Bonchev–Trinajstić information content (AvgIpc) is 2.73. The summed E-state index contributed by atoms with van der Waals surface area (Å²) in [5.41, 5.74) is 0. The van der Waals surface area contributed by atoms with Gasteiger partial charge in [-0.1, -0.05) is 0 Å². The Morgan fingerprint density at radius 2 is 2.28 bits per heavy atom. The SMILES string of the molecule is COCC(O)CN(C)Cc1nnc2n1CCCC2. The molecule has 1 unspecified atom stereocenters. The molecular weight excluding hydrogens is 232 g/mol. The molecule has 0 fully saturated rings. The second-order valence-electron chi connectivity index (χ2n) is 4.95. The quantitative estimate of drug-likeness (QED) is 0.777. The summed E-state index contributed by atoms with van der Waals surface area (Å²) in [5.74, 6) is 2.10. The van der Waals surface area contributed by atoms with E-state index in [9.17, 15) is 5.11 Å². The van der Waals surface area contributed by atoms with Gasteiger partial charge in [0.2, 0.25) is 0 Å². The van der Waals surface area contributed by atoms with Crippen LogP contribution in [0, 0.1) is 0 Å². The van der Waals surface area contributed by atoms with Crippen LogP contribution in [-0.2, 0) is 24.2 Å². The Hall–Kier alpha value is -0.980. The number of rotatable bonds is 6. The Bertz CT molecular complexity index is 380. The van der Waals surface area contributed by atoms with Gasteiger partial charge in [-0.05, 0) is 19.9 Å². The summed E-state index contributed by atoms with van der Waals surface area (Å²) in [6.45, 7) is 2.68. The van der Waals surface area contributed by atoms with E-state index in [1.54, 1.807) is 7.11 Å². The van der Waals surface area contributed by atoms with Gasteiger partial charge in [0.1, 0.15) is 11.6 Å². The molecule has 0 aromatic carbocycles. The summed E-state index contributed by atoms with van der Waals surface area (Å²) >= 11 is 0. The van der Waals surface area contributed by atoms with Gasteiger partial charge in [0.05, 0.1) is 19.3 Å². The van der Waals surface area contributed by atoms with Crippen LogP contribution in [0.1, 0.15) is 24.5 Å². The van der Waals surface area contributed by atoms with Crippen LogP contribution >= 0.6 is 0 Å². The van der Waals surface area contributed by atoms with Gasteiger partial charge >= 0.3 is 0 Å². The minimum atomic E-state index is -0.455. The highest BCUT2D eigenvalue weighted by atomic mass is 16.5. The molecule has 102 valence electrons. The fourth-order valence-electron chi connectivity index (χ4n) is 2.40. The lowest BCUT2D eigenvalue weighted by atomic mass is 10.1. The number of hydrogen-bond donors (Lipinski definition) is 1. The maximum absolute atomic E-state index is 9.68. The highest BCUT2D eigenvalue weighted by Crippen LogP contribution is 2.15. The zero-order chi connectivity index (χ0) is 13.0. The summed E-state index contributed by atoms with van der Waals surface area (Å²) in [5, 5.41) is 18.2. The lowest BCUT2D eigenvalue weighted by Gasteiger charge is -2.21. The van der Waals surface area contributed by atoms with E-state index in [1.165, 1.54) is 12.8 Å². The molecule has 1 N–H and O–H groups in total. The van der Waals surface area contributed by atoms with Crippen molar-refractivity contribution in [2.24, 2.45) is 0 Å². The van der Waals surface area contributed by atoms with Gasteiger partial charge in [-0.15, -0.1) is 10.2 Å². The van der Waals surface area contributed by atoms with Crippen molar-refractivity contribution in [2.45, 2.75) is 38.5 Å². The molecule has 1 aromatic heterocycles. The second-order valence-corrected chi connectivity index (χ2v) is 4.95. The fraction of sp³-hybridized carbons (Fsp3) is 0.833. The van der Waals surface area contributed by atoms with Gasteiger partial charge in [-0.3, -0.25) is 4.90 Å². The molecule has 6 heteroatoms. The summed E-state index contributed by atoms with van der Waals surface area (Å²) in [6, 6.07) is 0. The highest BCUT2D eigenvalue weighted by molar-refractivity contribution is 4.98. The minimum Gasteiger partial charge on any atom is -0.389 e. The number of aromatic nitrogens is 3. The minimum absolute atomic E-state index is 0.363. The van der Waals surface area contributed by atoms with Gasteiger partial charge in [-0.25, -0.2) is 0 Å². The highest BCUT2D eigenvalue weighted by Gasteiger charge is 2.17. The van der Waals surface area contributed by atoms with Crippen LogP contribution in [0.25, 0.3) is 0 Å². The summed E-state index contributed by atoms with van der Waals surface area (Å²) in [7, 11) is 3.57. The lowest BCUT2D eigenvalue weighted by molar-refractivity contribution is 0.0412. The number of ether oxygens (including phenoxy) is 1. The monoisotopic (exact) mass is 254 g/mol. The molecule has 1 atom stereocenters. The van der Waals surface area contributed by atoms with Crippen LogP contribution < -0.4 is 0 Å². The van der Waals surface area contributed by atoms with Crippen molar-refractivity contribution in [3.8, 4) is 0 Å². The standard InChI is InChI=1S/C12H22N4O2/c1-15(7-10(17)9-18-2)8-12-14-13-11-5-3-4-6-16(11)12/h10,17H,3-9H2,1-2H3. The molecule has 2 rings (SSSR count). The molecule has 1 aliphatic heterocycles. The van der Waals surface area contributed by atoms with Crippen LogP contribution in [0.2, 0.25) is 0 Å². The molecule has 18 heavy (non-hydrogen) atoms. The fourth-order valence-corrected chi connectivity index (χ4v) is 2.40. The number of hydrogen-bond acceptors (Lipinski definition) is 5. The Balaban J connectivity index is 1.90. The van der Waals surface area contributed by atoms with Crippen LogP contribution in [0.4, 0.5) is 0 Å². The Morgan fingerprint density at radius 3 is 3.06 bits per heavy atom. The second kappa shape index (κ2) is 6.26. The topological polar surface area (TPSA) is 63.4 Å². The number of nitrogens with zero attached hydrogens (tertiary/aromatic N) is 4. The third-order valence-corrected chi connectivity index (χ3v) is 3.23. The molecule has 0 radical (unpaired) electrons. The molecule has 1 aliphatic rings. The van der Waals surface area contributed by atoms with Crippen molar-refractivity contribution in [1.82, 2.24) is 19.7 Å². The van der Waals surface area contributed by atoms with E-state index in [0.717, 1.165) is 24.6 Å². The van der Waals surface area contributed by atoms with Crippen LogP contribution in [-0.4, -0.2) is 58.2 Å². The lowest BCUT2D eigenvalue weighted by Crippen LogP contribution is -2.32. The molecular formula is C12H22N4O2. The molecule has 0 saturated carbocycles. The molecule has 1 aromatic rings. The third kappa shape index (κ3) is 3.28. The van der Waals surface area contributed by atoms with Crippen LogP contribution in [0.3, 0.4) is 0 Å². The summed E-state index contributed by atoms with van der Waals surface area (Å²) < 4.78 is 7.13. The smallest absolute Gasteiger partial charge is 0.147 e. The Kier molecular flexibility index (Phi) is 4.68. The molecule has 0 spiro atoms. The van der Waals surface area contributed by atoms with E-state index < -0.39 is 6.10 Å². The van der Waals surface area contributed by atoms with Crippen LogP contribution in [0.15, 0.2) is 0 Å². The molecule has 6 nitrogen and oxygen atoms in total. The van der Waals surface area contributed by atoms with Gasteiger partial charge in [0.25, 0.3) is 0 Å². The van der Waals surface area contributed by atoms with Gasteiger partial charge in [0.15, 0.2) is 0 Å². The summed E-state index contributed by atoms with van der Waals surface area (Å²) in [4.78, 5) is 2.05. The van der Waals surface area contributed by atoms with E-state index in [4.69, 9.17) is 4.74 Å². The van der Waals surface area contributed by atoms with E-state index >= 15 is 0 Å². The third-order valence-electron chi connectivity index (χ3n) is 3.23. The number of methoxy groups -OCH3 is 1. The van der Waals surface area contributed by atoms with Gasteiger partial charge in [0, 0.05) is 26.6 Å². The normalized spacial score (nSPS) is 16.9. The average molecular weight is 254 g/mol. The zero-order valence-electron chi connectivity index (χ0n) is 11.2. The van der Waals surface area contributed by atoms with Crippen LogP contribution in [0.5, 0.6) is 0 Å². The van der Waals surface area contributed by atoms with Crippen molar-refractivity contribution < 1.29 is 9.84 Å². The first-order chi connectivity index (χ1) is 8.70. The van der Waals surface area contributed by atoms with E-state index in [1.807, 2.05) is 7.05 Å². The maximum atomic E-state index is 9.68. The zero-order valence-corrected chi connectivity index (χ0v) is 11.2. The Labute approximate surface area is 108 Å². The van der Waals surface area contributed by atoms with Crippen molar-refractivity contribution in [3.05, 3.63) is 11.6 Å². The van der Waals surface area contributed by atoms with Crippen molar-refractivity contribution in [1.29, 1.82) is 0 Å². The van der Waals surface area contributed by atoms with Crippen molar-refractivity contribution in [2.75, 3.05) is 27.3 Å². The predicted molar refractivity (Wildman–Crippen MR) is 67.2 cm³/mol. The van der Waals surface area contributed by atoms with E-state index in [2.05, 4.69) is 19.7 Å². The number of likely N-dealkylation sites (N-methyl/N-ethyl adjacent to an activating group) is 1.